The summed E-state index contributed by atoms with van der Waals surface area (Å²) in [5.74, 6) is -0.647. The van der Waals surface area contributed by atoms with E-state index in [1.807, 2.05) is 36.9 Å². The third-order valence-corrected chi connectivity index (χ3v) is 4.77. The molecule has 2 aromatic carbocycles. The van der Waals surface area contributed by atoms with E-state index in [0.717, 1.165) is 5.39 Å². The van der Waals surface area contributed by atoms with Crippen molar-refractivity contribution in [1.82, 2.24) is 5.16 Å². The molecule has 1 amide bonds. The maximum absolute atomic E-state index is 14.7. The summed E-state index contributed by atoms with van der Waals surface area (Å²) < 4.78 is 25.6. The molecule has 1 fully saturated rings. The number of rotatable bonds is 4. The summed E-state index contributed by atoms with van der Waals surface area (Å²) in [5, 5.41) is 7.49. The average molecular weight is 383 g/mol. The van der Waals surface area contributed by atoms with E-state index in [4.69, 9.17) is 9.26 Å². The SMILES string of the molecule is CC1CN(c2ccc(NC(=O)Cc3noc4ccccc34)cc2F)CC(C)O1. The first-order valence-corrected chi connectivity index (χ1v) is 9.32. The third kappa shape index (κ3) is 3.84. The number of ether oxygens (including phenoxy) is 1. The minimum absolute atomic E-state index is 0.0415. The first-order chi connectivity index (χ1) is 13.5. The lowest BCUT2D eigenvalue weighted by atomic mass is 10.1. The number of morpholine rings is 1. The first kappa shape index (κ1) is 18.4. The van der Waals surface area contributed by atoms with Gasteiger partial charge in [0.25, 0.3) is 0 Å². The van der Waals surface area contributed by atoms with E-state index in [1.54, 1.807) is 18.2 Å². The summed E-state index contributed by atoms with van der Waals surface area (Å²) >= 11 is 0. The fraction of sp³-hybridized carbons (Fsp3) is 0.333. The number of carbonyl (C=O) groups excluding carboxylic acids is 1. The highest BCUT2D eigenvalue weighted by atomic mass is 19.1. The molecule has 0 bridgehead atoms. The third-order valence-electron chi connectivity index (χ3n) is 4.77. The first-order valence-electron chi connectivity index (χ1n) is 9.32. The molecular weight excluding hydrogens is 361 g/mol. The van der Waals surface area contributed by atoms with Crippen molar-refractivity contribution in [2.45, 2.75) is 32.5 Å². The number of hydrogen-bond donors (Lipinski definition) is 1. The van der Waals surface area contributed by atoms with Crippen molar-refractivity contribution in [3.63, 3.8) is 0 Å². The van der Waals surface area contributed by atoms with Crippen LogP contribution in [-0.4, -0.2) is 36.4 Å². The van der Waals surface area contributed by atoms with Gasteiger partial charge in [-0.1, -0.05) is 17.3 Å². The molecule has 1 saturated heterocycles. The van der Waals surface area contributed by atoms with E-state index in [-0.39, 0.29) is 30.4 Å². The number of fused-ring (bicyclic) bond motifs is 1. The fourth-order valence-corrected chi connectivity index (χ4v) is 3.64. The van der Waals surface area contributed by atoms with E-state index in [0.29, 0.717) is 35.7 Å². The molecule has 0 radical (unpaired) electrons. The van der Waals surface area contributed by atoms with Crippen LogP contribution in [-0.2, 0) is 16.0 Å². The Balaban J connectivity index is 1.45. The van der Waals surface area contributed by atoms with Crippen LogP contribution in [0.15, 0.2) is 47.0 Å². The van der Waals surface area contributed by atoms with Crippen molar-refractivity contribution >= 4 is 28.3 Å². The van der Waals surface area contributed by atoms with Gasteiger partial charge in [-0.15, -0.1) is 0 Å². The number of nitrogens with zero attached hydrogens (tertiary/aromatic N) is 2. The maximum Gasteiger partial charge on any atom is 0.230 e. The van der Waals surface area contributed by atoms with Gasteiger partial charge in [0.05, 0.1) is 24.3 Å². The van der Waals surface area contributed by atoms with Crippen molar-refractivity contribution in [1.29, 1.82) is 0 Å². The number of amides is 1. The summed E-state index contributed by atoms with van der Waals surface area (Å²) in [6, 6.07) is 12.1. The number of hydrogen-bond acceptors (Lipinski definition) is 5. The summed E-state index contributed by atoms with van der Waals surface area (Å²) in [6.07, 6.45) is 0.137. The normalized spacial score (nSPS) is 19.8. The Morgan fingerprint density at radius 3 is 2.71 bits per heavy atom. The lowest BCUT2D eigenvalue weighted by Crippen LogP contribution is -2.45. The van der Waals surface area contributed by atoms with Crippen molar-refractivity contribution in [2.24, 2.45) is 0 Å². The molecule has 0 spiro atoms. The number of nitrogens with one attached hydrogen (secondary N) is 1. The van der Waals surface area contributed by atoms with Crippen LogP contribution in [0.4, 0.5) is 15.8 Å². The van der Waals surface area contributed by atoms with Gasteiger partial charge in [0.2, 0.25) is 5.91 Å². The van der Waals surface area contributed by atoms with Crippen LogP contribution in [0.2, 0.25) is 0 Å². The Labute approximate surface area is 162 Å². The van der Waals surface area contributed by atoms with Gasteiger partial charge in [-0.2, -0.15) is 0 Å². The molecule has 2 unspecified atom stereocenters. The highest BCUT2D eigenvalue weighted by Gasteiger charge is 2.24. The Morgan fingerprint density at radius 2 is 1.96 bits per heavy atom. The van der Waals surface area contributed by atoms with E-state index < -0.39 is 0 Å². The van der Waals surface area contributed by atoms with Crippen LogP contribution in [0, 0.1) is 5.82 Å². The number of carbonyl (C=O) groups is 1. The van der Waals surface area contributed by atoms with E-state index in [2.05, 4.69) is 10.5 Å². The lowest BCUT2D eigenvalue weighted by Gasteiger charge is -2.37. The van der Waals surface area contributed by atoms with E-state index in [1.165, 1.54) is 6.07 Å². The predicted octanol–water partition coefficient (Wildman–Crippen LogP) is 3.76. The van der Waals surface area contributed by atoms with Crippen LogP contribution in [0.5, 0.6) is 0 Å². The Hall–Kier alpha value is -2.93. The summed E-state index contributed by atoms with van der Waals surface area (Å²) in [7, 11) is 0. The fourth-order valence-electron chi connectivity index (χ4n) is 3.64. The van der Waals surface area contributed by atoms with Crippen LogP contribution in [0.25, 0.3) is 11.0 Å². The standard InChI is InChI=1S/C21H22FN3O3/c1-13-11-25(12-14(2)27-13)19-8-7-15(9-17(19)22)23-21(26)10-18-16-5-3-4-6-20(16)28-24-18/h3-9,13-14H,10-12H2,1-2H3,(H,23,26). The largest absolute Gasteiger partial charge is 0.372 e. The van der Waals surface area contributed by atoms with E-state index >= 15 is 0 Å². The molecule has 6 nitrogen and oxygen atoms in total. The van der Waals surface area contributed by atoms with Gasteiger partial charge in [0.15, 0.2) is 5.58 Å². The zero-order valence-corrected chi connectivity index (χ0v) is 15.8. The molecule has 1 N–H and O–H groups in total. The zero-order chi connectivity index (χ0) is 19.7. The van der Waals surface area contributed by atoms with Crippen molar-refractivity contribution in [2.75, 3.05) is 23.3 Å². The summed E-state index contributed by atoms with van der Waals surface area (Å²) in [4.78, 5) is 14.3. The molecular formula is C21H22FN3O3. The molecule has 0 aliphatic carbocycles. The molecule has 1 aliphatic heterocycles. The van der Waals surface area contributed by atoms with Crippen molar-refractivity contribution < 1.29 is 18.4 Å². The maximum atomic E-state index is 14.7. The van der Waals surface area contributed by atoms with Gasteiger partial charge in [-0.05, 0) is 44.2 Å². The molecule has 4 rings (SSSR count). The Bertz CT molecular complexity index is 993. The quantitative estimate of drug-likeness (QED) is 0.743. The van der Waals surface area contributed by atoms with Gasteiger partial charge in [-0.3, -0.25) is 4.79 Å². The van der Waals surface area contributed by atoms with E-state index in [9.17, 15) is 9.18 Å². The van der Waals surface area contributed by atoms with Gasteiger partial charge in [-0.25, -0.2) is 4.39 Å². The van der Waals surface area contributed by atoms with Crippen LogP contribution >= 0.6 is 0 Å². The molecule has 2 atom stereocenters. The lowest BCUT2D eigenvalue weighted by molar-refractivity contribution is -0.115. The number of anilines is 2. The second-order valence-corrected chi connectivity index (χ2v) is 7.18. The minimum Gasteiger partial charge on any atom is -0.372 e. The second-order valence-electron chi connectivity index (χ2n) is 7.18. The smallest absolute Gasteiger partial charge is 0.230 e. The molecule has 1 aromatic heterocycles. The molecule has 28 heavy (non-hydrogen) atoms. The molecule has 2 heterocycles. The van der Waals surface area contributed by atoms with Gasteiger partial charge >= 0.3 is 0 Å². The Morgan fingerprint density at radius 1 is 1.21 bits per heavy atom. The van der Waals surface area contributed by atoms with Crippen LogP contribution in [0.1, 0.15) is 19.5 Å². The molecule has 1 aliphatic rings. The van der Waals surface area contributed by atoms with Crippen LogP contribution in [0.3, 0.4) is 0 Å². The molecule has 7 heteroatoms. The minimum atomic E-state index is -0.369. The predicted molar refractivity (Wildman–Crippen MR) is 105 cm³/mol. The van der Waals surface area contributed by atoms with Crippen molar-refractivity contribution in [3.8, 4) is 0 Å². The summed E-state index contributed by atoms with van der Waals surface area (Å²) in [5.41, 5.74) is 2.12. The van der Waals surface area contributed by atoms with Gasteiger partial charge < -0.3 is 19.5 Å². The Kier molecular flexibility index (Phi) is 5.00. The zero-order valence-electron chi connectivity index (χ0n) is 15.8. The molecule has 0 saturated carbocycles. The number of para-hydroxylation sites is 1. The number of benzene rings is 2. The number of aromatic nitrogens is 1. The highest BCUT2D eigenvalue weighted by molar-refractivity contribution is 5.94. The molecule has 146 valence electrons. The molecule has 3 aromatic rings. The second kappa shape index (κ2) is 7.59. The number of halogens is 1. The van der Waals surface area contributed by atoms with Crippen molar-refractivity contribution in [3.05, 3.63) is 54.0 Å². The monoisotopic (exact) mass is 383 g/mol. The summed E-state index contributed by atoms with van der Waals surface area (Å²) in [6.45, 7) is 5.21. The highest BCUT2D eigenvalue weighted by Crippen LogP contribution is 2.26. The topological polar surface area (TPSA) is 67.6 Å². The van der Waals surface area contributed by atoms with Crippen LogP contribution < -0.4 is 10.2 Å². The average Bonchev–Trinajstić information content (AvgIpc) is 3.04. The van der Waals surface area contributed by atoms with Gasteiger partial charge in [0.1, 0.15) is 11.5 Å². The van der Waals surface area contributed by atoms with Gasteiger partial charge in [0, 0.05) is 24.2 Å².